The Hall–Kier alpha value is -1.05. The molecule has 0 bridgehead atoms. The van der Waals surface area contributed by atoms with Crippen LogP contribution in [0.25, 0.3) is 0 Å². The van der Waals surface area contributed by atoms with Crippen molar-refractivity contribution in [3.63, 3.8) is 0 Å². The molecule has 1 atom stereocenters. The Morgan fingerprint density at radius 3 is 2.81 bits per heavy atom. The van der Waals surface area contributed by atoms with Gasteiger partial charge in [0.1, 0.15) is 0 Å². The maximum atomic E-state index is 13.2. The van der Waals surface area contributed by atoms with E-state index in [1.54, 1.807) is 6.92 Å². The smallest absolute Gasteiger partial charge is 0.261 e. The summed E-state index contributed by atoms with van der Waals surface area (Å²) in [6, 6.07) is 1.69. The molecule has 0 radical (unpaired) electrons. The molecule has 0 saturated heterocycles. The number of aromatic nitrogens is 1. The second-order valence-corrected chi connectivity index (χ2v) is 4.83. The number of halogens is 1. The lowest BCUT2D eigenvalue weighted by molar-refractivity contribution is 0.253. The minimum absolute atomic E-state index is 0.343. The maximum Gasteiger partial charge on any atom is 0.261 e. The zero-order chi connectivity index (χ0) is 12.2. The highest BCUT2D eigenvalue weighted by molar-refractivity contribution is 7.89. The lowest BCUT2D eigenvalue weighted by Gasteiger charge is -2.13. The van der Waals surface area contributed by atoms with E-state index in [2.05, 4.69) is 9.71 Å². The molecular formula is C9H13FN2O3S. The third-order valence-electron chi connectivity index (χ3n) is 2.01. The van der Waals surface area contributed by atoms with Gasteiger partial charge in [-0.2, -0.15) is 0 Å². The van der Waals surface area contributed by atoms with E-state index in [4.69, 9.17) is 5.11 Å². The van der Waals surface area contributed by atoms with E-state index in [1.165, 1.54) is 12.3 Å². The highest BCUT2D eigenvalue weighted by atomic mass is 32.2. The SMILES string of the molecule is CC[C@H](CO)NS(=O)(=O)c1ncccc1F. The molecule has 0 aliphatic heterocycles. The van der Waals surface area contributed by atoms with Gasteiger partial charge in [0.05, 0.1) is 6.61 Å². The van der Waals surface area contributed by atoms with E-state index in [1.807, 2.05) is 0 Å². The van der Waals surface area contributed by atoms with Gasteiger partial charge in [-0.3, -0.25) is 0 Å². The normalized spacial score (nSPS) is 13.7. The first-order chi connectivity index (χ1) is 7.51. The van der Waals surface area contributed by atoms with Crippen molar-refractivity contribution >= 4 is 10.0 Å². The zero-order valence-corrected chi connectivity index (χ0v) is 9.54. The molecular weight excluding hydrogens is 235 g/mol. The topological polar surface area (TPSA) is 79.3 Å². The van der Waals surface area contributed by atoms with Crippen LogP contribution in [0.4, 0.5) is 4.39 Å². The zero-order valence-electron chi connectivity index (χ0n) is 8.72. The lowest BCUT2D eigenvalue weighted by atomic mass is 10.3. The van der Waals surface area contributed by atoms with Crippen LogP contribution < -0.4 is 4.72 Å². The van der Waals surface area contributed by atoms with E-state index in [0.29, 0.717) is 6.42 Å². The first-order valence-corrected chi connectivity index (χ1v) is 6.23. The van der Waals surface area contributed by atoms with Crippen LogP contribution in [0.3, 0.4) is 0 Å². The third-order valence-corrected chi connectivity index (χ3v) is 3.47. The Morgan fingerprint density at radius 1 is 1.62 bits per heavy atom. The number of hydrogen-bond acceptors (Lipinski definition) is 4. The average Bonchev–Trinajstić information content (AvgIpc) is 2.26. The Kier molecular flexibility index (Phi) is 4.34. The van der Waals surface area contributed by atoms with Crippen molar-refractivity contribution in [3.8, 4) is 0 Å². The summed E-state index contributed by atoms with van der Waals surface area (Å²) in [4.78, 5) is 3.46. The molecule has 0 aliphatic carbocycles. The average molecular weight is 248 g/mol. The van der Waals surface area contributed by atoms with Crippen molar-refractivity contribution in [1.82, 2.24) is 9.71 Å². The summed E-state index contributed by atoms with van der Waals surface area (Å²) in [5.41, 5.74) is 0. The van der Waals surface area contributed by atoms with Gasteiger partial charge in [-0.05, 0) is 18.6 Å². The Balaban J connectivity index is 2.99. The summed E-state index contributed by atoms with van der Waals surface area (Å²) in [6.45, 7) is 1.36. The number of sulfonamides is 1. The van der Waals surface area contributed by atoms with Gasteiger partial charge in [0.2, 0.25) is 5.03 Å². The van der Waals surface area contributed by atoms with Gasteiger partial charge in [-0.25, -0.2) is 22.5 Å². The van der Waals surface area contributed by atoms with Crippen LogP contribution in [0.5, 0.6) is 0 Å². The van der Waals surface area contributed by atoms with Crippen LogP contribution in [-0.4, -0.2) is 31.2 Å². The molecule has 0 aliphatic rings. The Bertz CT molecular complexity index is 446. The molecule has 1 rings (SSSR count). The molecule has 0 saturated carbocycles. The van der Waals surface area contributed by atoms with Crippen LogP contribution in [0.1, 0.15) is 13.3 Å². The number of aliphatic hydroxyl groups is 1. The summed E-state index contributed by atoms with van der Waals surface area (Å²) in [6.07, 6.45) is 1.60. The fourth-order valence-electron chi connectivity index (χ4n) is 1.09. The minimum atomic E-state index is -4.01. The molecule has 0 spiro atoms. The summed E-state index contributed by atoms with van der Waals surface area (Å²) < 4.78 is 38.7. The summed E-state index contributed by atoms with van der Waals surface area (Å²) in [7, 11) is -4.01. The molecule has 2 N–H and O–H groups in total. The largest absolute Gasteiger partial charge is 0.395 e. The predicted octanol–water partition coefficient (Wildman–Crippen LogP) is 0.270. The van der Waals surface area contributed by atoms with E-state index in [0.717, 1.165) is 6.07 Å². The molecule has 0 aromatic carbocycles. The molecule has 5 nitrogen and oxygen atoms in total. The number of hydrogen-bond donors (Lipinski definition) is 2. The number of nitrogens with zero attached hydrogens (tertiary/aromatic N) is 1. The fraction of sp³-hybridized carbons (Fsp3) is 0.444. The third kappa shape index (κ3) is 2.97. The van der Waals surface area contributed by atoms with Crippen molar-refractivity contribution in [3.05, 3.63) is 24.1 Å². The van der Waals surface area contributed by atoms with Gasteiger partial charge in [0.25, 0.3) is 10.0 Å². The van der Waals surface area contributed by atoms with Crippen molar-refractivity contribution in [1.29, 1.82) is 0 Å². The Morgan fingerprint density at radius 2 is 2.31 bits per heavy atom. The highest BCUT2D eigenvalue weighted by Crippen LogP contribution is 2.10. The molecule has 90 valence electrons. The summed E-state index contributed by atoms with van der Waals surface area (Å²) in [5, 5.41) is 8.21. The van der Waals surface area contributed by atoms with E-state index >= 15 is 0 Å². The van der Waals surface area contributed by atoms with Crippen LogP contribution in [-0.2, 0) is 10.0 Å². The molecule has 1 aromatic heterocycles. The van der Waals surface area contributed by atoms with Crippen LogP contribution in [0.2, 0.25) is 0 Å². The van der Waals surface area contributed by atoms with Crippen LogP contribution in [0.15, 0.2) is 23.4 Å². The maximum absolute atomic E-state index is 13.2. The Labute approximate surface area is 93.4 Å². The van der Waals surface area contributed by atoms with E-state index in [-0.39, 0.29) is 6.61 Å². The van der Waals surface area contributed by atoms with Crippen molar-refractivity contribution in [2.75, 3.05) is 6.61 Å². The van der Waals surface area contributed by atoms with Crippen LogP contribution >= 0.6 is 0 Å². The number of aliphatic hydroxyl groups excluding tert-OH is 1. The summed E-state index contributed by atoms with van der Waals surface area (Å²) >= 11 is 0. The molecule has 1 heterocycles. The lowest BCUT2D eigenvalue weighted by Crippen LogP contribution is -2.37. The van der Waals surface area contributed by atoms with Gasteiger partial charge in [-0.15, -0.1) is 0 Å². The van der Waals surface area contributed by atoms with Gasteiger partial charge in [-0.1, -0.05) is 6.92 Å². The molecule has 0 amide bonds. The highest BCUT2D eigenvalue weighted by Gasteiger charge is 2.23. The molecule has 0 fully saturated rings. The number of rotatable bonds is 5. The quantitative estimate of drug-likeness (QED) is 0.784. The molecule has 0 unspecified atom stereocenters. The van der Waals surface area contributed by atoms with Crippen molar-refractivity contribution in [2.24, 2.45) is 0 Å². The standard InChI is InChI=1S/C9H13FN2O3S/c1-2-7(6-13)12-16(14,15)9-8(10)4-3-5-11-9/h3-5,7,12-13H,2,6H2,1H3/t7-/m1/s1. The molecule has 1 aromatic rings. The van der Waals surface area contributed by atoms with E-state index in [9.17, 15) is 12.8 Å². The van der Waals surface area contributed by atoms with Gasteiger partial charge < -0.3 is 5.11 Å². The van der Waals surface area contributed by atoms with E-state index < -0.39 is 26.9 Å². The number of nitrogens with one attached hydrogen (secondary N) is 1. The first-order valence-electron chi connectivity index (χ1n) is 4.75. The van der Waals surface area contributed by atoms with Gasteiger partial charge in [0, 0.05) is 12.2 Å². The summed E-state index contributed by atoms with van der Waals surface area (Å²) in [5.74, 6) is -0.914. The first kappa shape index (κ1) is 13.0. The number of pyridine rings is 1. The second kappa shape index (κ2) is 5.33. The minimum Gasteiger partial charge on any atom is -0.395 e. The molecule has 16 heavy (non-hydrogen) atoms. The fourth-order valence-corrected chi connectivity index (χ4v) is 2.41. The van der Waals surface area contributed by atoms with Gasteiger partial charge in [0.15, 0.2) is 5.82 Å². The van der Waals surface area contributed by atoms with Crippen molar-refractivity contribution < 1.29 is 17.9 Å². The van der Waals surface area contributed by atoms with Crippen LogP contribution in [0, 0.1) is 5.82 Å². The van der Waals surface area contributed by atoms with Crippen molar-refractivity contribution in [2.45, 2.75) is 24.4 Å². The second-order valence-electron chi connectivity index (χ2n) is 3.20. The predicted molar refractivity (Wildman–Crippen MR) is 55.7 cm³/mol. The monoisotopic (exact) mass is 248 g/mol. The molecule has 7 heteroatoms. The van der Waals surface area contributed by atoms with Gasteiger partial charge >= 0.3 is 0 Å².